The van der Waals surface area contributed by atoms with Crippen LogP contribution >= 0.6 is 0 Å². The molecule has 114 valence electrons. The summed E-state index contributed by atoms with van der Waals surface area (Å²) in [6.45, 7) is 3.82. The molecule has 0 atom stereocenters. The normalized spacial score (nSPS) is 14.5. The number of benzene rings is 2. The highest BCUT2D eigenvalue weighted by atomic mass is 16.2. The van der Waals surface area contributed by atoms with Gasteiger partial charge >= 0.3 is 0 Å². The van der Waals surface area contributed by atoms with Gasteiger partial charge in [0, 0.05) is 20.1 Å². The number of hydrogen-bond donors (Lipinski definition) is 0. The topological polar surface area (TPSA) is 23.6 Å². The molecule has 3 nitrogen and oxygen atoms in total. The molecule has 0 aromatic heterocycles. The Balaban J connectivity index is 1.87. The van der Waals surface area contributed by atoms with Gasteiger partial charge < -0.3 is 9.80 Å². The SMILES string of the molecule is Cc1cccc(CC(=O)N2CCCN(C)c3ccccc32)c1. The van der Waals surface area contributed by atoms with Gasteiger partial charge in [-0.05, 0) is 31.0 Å². The first-order valence-electron chi connectivity index (χ1n) is 7.81. The van der Waals surface area contributed by atoms with Crippen LogP contribution in [0.25, 0.3) is 0 Å². The van der Waals surface area contributed by atoms with Crippen molar-refractivity contribution in [2.75, 3.05) is 29.9 Å². The van der Waals surface area contributed by atoms with E-state index in [1.165, 1.54) is 5.56 Å². The van der Waals surface area contributed by atoms with E-state index in [1.807, 2.05) is 35.2 Å². The fourth-order valence-corrected chi connectivity index (χ4v) is 3.07. The molecule has 0 radical (unpaired) electrons. The van der Waals surface area contributed by atoms with E-state index in [2.05, 4.69) is 37.1 Å². The van der Waals surface area contributed by atoms with Gasteiger partial charge in [-0.1, -0.05) is 42.0 Å². The first-order valence-corrected chi connectivity index (χ1v) is 7.81. The molecule has 22 heavy (non-hydrogen) atoms. The molecule has 0 saturated heterocycles. The second-order valence-electron chi connectivity index (χ2n) is 5.98. The third kappa shape index (κ3) is 2.98. The quantitative estimate of drug-likeness (QED) is 0.847. The Morgan fingerprint density at radius 1 is 1.05 bits per heavy atom. The monoisotopic (exact) mass is 294 g/mol. The van der Waals surface area contributed by atoms with Gasteiger partial charge in [0.15, 0.2) is 0 Å². The van der Waals surface area contributed by atoms with Crippen LogP contribution in [-0.4, -0.2) is 26.0 Å². The summed E-state index contributed by atoms with van der Waals surface area (Å²) in [6.07, 6.45) is 1.45. The summed E-state index contributed by atoms with van der Waals surface area (Å²) < 4.78 is 0. The molecular formula is C19H22N2O. The number of aryl methyl sites for hydroxylation is 1. The Labute approximate surface area is 132 Å². The number of carbonyl (C=O) groups excluding carboxylic acids is 1. The highest BCUT2D eigenvalue weighted by Gasteiger charge is 2.22. The van der Waals surface area contributed by atoms with Crippen molar-refractivity contribution in [1.82, 2.24) is 0 Å². The molecule has 3 heteroatoms. The zero-order valence-electron chi connectivity index (χ0n) is 13.2. The molecule has 0 unspecified atom stereocenters. The molecule has 1 heterocycles. The molecule has 0 aliphatic carbocycles. The van der Waals surface area contributed by atoms with Crippen molar-refractivity contribution in [3.8, 4) is 0 Å². The van der Waals surface area contributed by atoms with Crippen LogP contribution in [0.2, 0.25) is 0 Å². The number of nitrogens with zero attached hydrogens (tertiary/aromatic N) is 2. The highest BCUT2D eigenvalue weighted by molar-refractivity contribution is 5.98. The Hall–Kier alpha value is -2.29. The summed E-state index contributed by atoms with van der Waals surface area (Å²) in [5.41, 5.74) is 4.44. The Bertz CT molecular complexity index is 681. The van der Waals surface area contributed by atoms with Crippen LogP contribution in [0.1, 0.15) is 17.5 Å². The number of amides is 1. The standard InChI is InChI=1S/C19H22N2O/c1-15-7-5-8-16(13-15)14-19(22)21-12-6-11-20(2)17-9-3-4-10-18(17)21/h3-5,7-10,13H,6,11-12,14H2,1-2H3. The molecule has 0 saturated carbocycles. The molecule has 1 aliphatic rings. The van der Waals surface area contributed by atoms with E-state index >= 15 is 0 Å². The van der Waals surface area contributed by atoms with E-state index < -0.39 is 0 Å². The molecule has 0 spiro atoms. The molecule has 2 aromatic rings. The maximum Gasteiger partial charge on any atom is 0.231 e. The number of anilines is 2. The van der Waals surface area contributed by atoms with Crippen molar-refractivity contribution in [2.45, 2.75) is 19.8 Å². The van der Waals surface area contributed by atoms with Crippen LogP contribution in [0.5, 0.6) is 0 Å². The first kappa shape index (κ1) is 14.6. The highest BCUT2D eigenvalue weighted by Crippen LogP contribution is 2.31. The van der Waals surface area contributed by atoms with Gasteiger partial charge in [0.05, 0.1) is 17.8 Å². The summed E-state index contributed by atoms with van der Waals surface area (Å²) >= 11 is 0. The lowest BCUT2D eigenvalue weighted by molar-refractivity contribution is -0.118. The van der Waals surface area contributed by atoms with E-state index in [4.69, 9.17) is 0 Å². The van der Waals surface area contributed by atoms with E-state index in [-0.39, 0.29) is 5.91 Å². The van der Waals surface area contributed by atoms with Gasteiger partial charge in [-0.15, -0.1) is 0 Å². The summed E-state index contributed by atoms with van der Waals surface area (Å²) in [5, 5.41) is 0. The van der Waals surface area contributed by atoms with Crippen LogP contribution in [-0.2, 0) is 11.2 Å². The lowest BCUT2D eigenvalue weighted by atomic mass is 10.1. The van der Waals surface area contributed by atoms with Crippen LogP contribution in [0.15, 0.2) is 48.5 Å². The van der Waals surface area contributed by atoms with Crippen molar-refractivity contribution >= 4 is 17.3 Å². The van der Waals surface area contributed by atoms with Gasteiger partial charge in [-0.25, -0.2) is 0 Å². The average Bonchev–Trinajstić information content (AvgIpc) is 2.67. The summed E-state index contributed by atoms with van der Waals surface area (Å²) in [6, 6.07) is 16.4. The van der Waals surface area contributed by atoms with Crippen LogP contribution in [0, 0.1) is 6.92 Å². The minimum Gasteiger partial charge on any atom is -0.373 e. The summed E-state index contributed by atoms with van der Waals surface area (Å²) in [4.78, 5) is 17.0. The molecule has 0 N–H and O–H groups in total. The molecule has 0 bridgehead atoms. The van der Waals surface area contributed by atoms with Crippen LogP contribution < -0.4 is 9.80 Å². The Morgan fingerprint density at radius 2 is 1.82 bits per heavy atom. The minimum absolute atomic E-state index is 0.174. The lowest BCUT2D eigenvalue weighted by Crippen LogP contribution is -2.32. The lowest BCUT2D eigenvalue weighted by Gasteiger charge is -2.24. The van der Waals surface area contributed by atoms with Gasteiger partial charge in [0.2, 0.25) is 5.91 Å². The first-order chi connectivity index (χ1) is 10.6. The molecular weight excluding hydrogens is 272 g/mol. The fraction of sp³-hybridized carbons (Fsp3) is 0.316. The van der Waals surface area contributed by atoms with Crippen molar-refractivity contribution in [2.24, 2.45) is 0 Å². The summed E-state index contributed by atoms with van der Waals surface area (Å²) in [7, 11) is 2.09. The largest absolute Gasteiger partial charge is 0.373 e. The number of carbonyl (C=O) groups is 1. The second-order valence-corrected chi connectivity index (χ2v) is 5.98. The van der Waals surface area contributed by atoms with Gasteiger partial charge in [0.1, 0.15) is 0 Å². The number of fused-ring (bicyclic) bond motifs is 1. The molecule has 2 aromatic carbocycles. The zero-order chi connectivity index (χ0) is 15.5. The molecule has 1 aliphatic heterocycles. The smallest absolute Gasteiger partial charge is 0.231 e. The predicted molar refractivity (Wildman–Crippen MR) is 91.6 cm³/mol. The zero-order valence-corrected chi connectivity index (χ0v) is 13.2. The van der Waals surface area contributed by atoms with E-state index in [1.54, 1.807) is 0 Å². The third-order valence-corrected chi connectivity index (χ3v) is 4.20. The van der Waals surface area contributed by atoms with E-state index in [0.29, 0.717) is 6.42 Å². The predicted octanol–water partition coefficient (Wildman–Crippen LogP) is 3.41. The average molecular weight is 294 g/mol. The van der Waals surface area contributed by atoms with Crippen LogP contribution in [0.3, 0.4) is 0 Å². The maximum absolute atomic E-state index is 12.8. The van der Waals surface area contributed by atoms with Gasteiger partial charge in [-0.3, -0.25) is 4.79 Å². The van der Waals surface area contributed by atoms with Gasteiger partial charge in [0.25, 0.3) is 0 Å². The molecule has 1 amide bonds. The second kappa shape index (κ2) is 6.22. The summed E-state index contributed by atoms with van der Waals surface area (Å²) in [5.74, 6) is 0.174. The van der Waals surface area contributed by atoms with Crippen molar-refractivity contribution in [3.63, 3.8) is 0 Å². The number of rotatable bonds is 2. The van der Waals surface area contributed by atoms with Gasteiger partial charge in [-0.2, -0.15) is 0 Å². The number of hydrogen-bond acceptors (Lipinski definition) is 2. The Morgan fingerprint density at radius 3 is 2.59 bits per heavy atom. The number of para-hydroxylation sites is 2. The Kier molecular flexibility index (Phi) is 4.14. The van der Waals surface area contributed by atoms with E-state index in [0.717, 1.165) is 36.4 Å². The fourth-order valence-electron chi connectivity index (χ4n) is 3.07. The van der Waals surface area contributed by atoms with Crippen molar-refractivity contribution in [3.05, 3.63) is 59.7 Å². The van der Waals surface area contributed by atoms with Crippen molar-refractivity contribution in [1.29, 1.82) is 0 Å². The molecule has 0 fully saturated rings. The van der Waals surface area contributed by atoms with Crippen molar-refractivity contribution < 1.29 is 4.79 Å². The maximum atomic E-state index is 12.8. The minimum atomic E-state index is 0.174. The molecule has 3 rings (SSSR count). The van der Waals surface area contributed by atoms with E-state index in [9.17, 15) is 4.79 Å². The van der Waals surface area contributed by atoms with Crippen LogP contribution in [0.4, 0.5) is 11.4 Å². The third-order valence-electron chi connectivity index (χ3n) is 4.20.